The second-order valence-corrected chi connectivity index (χ2v) is 9.25. The summed E-state index contributed by atoms with van der Waals surface area (Å²) in [5.41, 5.74) is 3.98. The second-order valence-electron chi connectivity index (χ2n) is 9.25. The first-order chi connectivity index (χ1) is 19.6. The third-order valence-corrected chi connectivity index (χ3v) is 6.16. The van der Waals surface area contributed by atoms with Crippen LogP contribution in [0.5, 0.6) is 5.75 Å². The number of ether oxygens (including phenoxy) is 1. The summed E-state index contributed by atoms with van der Waals surface area (Å²) in [5.74, 6) is 0.245. The van der Waals surface area contributed by atoms with Gasteiger partial charge in [-0.25, -0.2) is 9.97 Å². The molecule has 0 aliphatic carbocycles. The van der Waals surface area contributed by atoms with Gasteiger partial charge in [-0.2, -0.15) is 0 Å². The Morgan fingerprint density at radius 1 is 1.21 bits per heavy atom. The summed E-state index contributed by atoms with van der Waals surface area (Å²) in [6, 6.07) is 13.0. The molecule has 1 amide bonds. The predicted octanol–water partition coefficient (Wildman–Crippen LogP) is 5.07. The molecule has 2 aromatic heterocycles. The molecule has 4 aromatic rings. The number of nitrogens with one attached hydrogen (secondary N) is 2. The van der Waals surface area contributed by atoms with E-state index in [4.69, 9.17) is 12.5 Å². The Hall–Kier alpha value is -4.63. The van der Waals surface area contributed by atoms with Crippen LogP contribution in [0.4, 0.5) is 23.0 Å². The summed E-state index contributed by atoms with van der Waals surface area (Å²) in [6.07, 6.45) is 4.72. The van der Waals surface area contributed by atoms with Crippen LogP contribution < -0.4 is 20.3 Å². The Labute approximate surface area is 232 Å². The number of methoxy groups -OCH3 is 1. The molecule has 0 atom stereocenters. The molecule has 4 rings (SSSR count). The van der Waals surface area contributed by atoms with E-state index in [1.165, 1.54) is 12.2 Å². The standard InChI is InChI=1S/C30H35N7O2/c1-7-8-13-29(38)32-24-18-25(28(39-6)19-27(24)36(4)17-16-35(2)3)34-30-31-15-14-23(33-30)22-20-37(5)26-12-10-9-11-21(22)26/h7-15,18-20H,1,16-17H2,2-6H3,(H,32,38)(H,31,33,34)/b13-8+/i13D,20D. The van der Waals surface area contributed by atoms with Gasteiger partial charge >= 0.3 is 0 Å². The smallest absolute Gasteiger partial charge is 0.248 e. The molecule has 0 unspecified atom stereocenters. The largest absolute Gasteiger partial charge is 0.494 e. The molecule has 0 fully saturated rings. The average molecular weight is 528 g/mol. The lowest BCUT2D eigenvalue weighted by molar-refractivity contribution is -0.111. The van der Waals surface area contributed by atoms with Crippen molar-refractivity contribution in [3.8, 4) is 17.0 Å². The first-order valence-electron chi connectivity index (χ1n) is 13.5. The molecule has 9 nitrogen and oxygen atoms in total. The number of carbonyl (C=O) groups excluding carboxylic acids is 1. The van der Waals surface area contributed by atoms with E-state index in [1.807, 2.05) is 68.0 Å². The Bertz CT molecular complexity index is 1610. The number of anilines is 4. The number of carbonyl (C=O) groups is 1. The number of likely N-dealkylation sites (N-methyl/N-ethyl adjacent to an activating group) is 2. The van der Waals surface area contributed by atoms with Crippen LogP contribution in [0.3, 0.4) is 0 Å². The fourth-order valence-corrected chi connectivity index (χ4v) is 4.15. The minimum absolute atomic E-state index is 0.218. The molecular weight excluding hydrogens is 490 g/mol. The van der Waals surface area contributed by atoms with Gasteiger partial charge in [0.05, 0.1) is 32.6 Å². The van der Waals surface area contributed by atoms with Crippen LogP contribution in [0.1, 0.15) is 2.74 Å². The fourth-order valence-electron chi connectivity index (χ4n) is 4.15. The number of rotatable bonds is 11. The quantitative estimate of drug-likeness (QED) is 0.208. The van der Waals surface area contributed by atoms with Crippen LogP contribution in [0.15, 0.2) is 79.6 Å². The highest BCUT2D eigenvalue weighted by molar-refractivity contribution is 6.02. The first kappa shape index (κ1) is 24.7. The van der Waals surface area contributed by atoms with Gasteiger partial charge in [-0.3, -0.25) is 4.79 Å². The summed E-state index contributed by atoms with van der Waals surface area (Å²) in [7, 11) is 9.34. The molecule has 0 radical (unpaired) electrons. The first-order valence-corrected chi connectivity index (χ1v) is 12.5. The van der Waals surface area contributed by atoms with Crippen molar-refractivity contribution in [2.24, 2.45) is 7.05 Å². The maximum Gasteiger partial charge on any atom is 0.248 e. The van der Waals surface area contributed by atoms with E-state index < -0.39 is 5.91 Å². The zero-order valence-corrected chi connectivity index (χ0v) is 22.9. The molecule has 0 bridgehead atoms. The summed E-state index contributed by atoms with van der Waals surface area (Å²) >= 11 is 0. The lowest BCUT2D eigenvalue weighted by Gasteiger charge is -2.26. The van der Waals surface area contributed by atoms with Crippen molar-refractivity contribution in [2.45, 2.75) is 0 Å². The monoisotopic (exact) mass is 527 g/mol. The van der Waals surface area contributed by atoms with Crippen molar-refractivity contribution < 1.29 is 12.3 Å². The molecular formula is C30H35N7O2. The summed E-state index contributed by atoms with van der Waals surface area (Å²) in [6.45, 7) is 5.05. The van der Waals surface area contributed by atoms with E-state index >= 15 is 0 Å². The van der Waals surface area contributed by atoms with Crippen LogP contribution in [0.25, 0.3) is 22.2 Å². The summed E-state index contributed by atoms with van der Waals surface area (Å²) < 4.78 is 24.2. The highest BCUT2D eigenvalue weighted by Crippen LogP contribution is 2.38. The fraction of sp³-hybridized carbons (Fsp3) is 0.233. The Balaban J connectivity index is 1.75. The number of benzene rings is 2. The lowest BCUT2D eigenvalue weighted by atomic mass is 10.1. The molecule has 2 heterocycles. The van der Waals surface area contributed by atoms with E-state index in [2.05, 4.69) is 27.1 Å². The molecule has 0 saturated carbocycles. The van der Waals surface area contributed by atoms with Crippen molar-refractivity contribution >= 4 is 39.8 Å². The van der Waals surface area contributed by atoms with E-state index in [1.54, 1.807) is 25.4 Å². The highest BCUT2D eigenvalue weighted by atomic mass is 16.5. The van der Waals surface area contributed by atoms with Crippen LogP contribution >= 0.6 is 0 Å². The maximum atomic E-state index is 12.8. The molecule has 9 heteroatoms. The number of nitrogens with zero attached hydrogens (tertiary/aromatic N) is 5. The molecule has 0 aliphatic rings. The lowest BCUT2D eigenvalue weighted by Crippen LogP contribution is -2.29. The third kappa shape index (κ3) is 6.45. The number of amides is 1. The Morgan fingerprint density at radius 2 is 2.00 bits per heavy atom. The van der Waals surface area contributed by atoms with Crippen LogP contribution in [-0.4, -0.2) is 66.7 Å². The van der Waals surface area contributed by atoms with Crippen LogP contribution in [0.2, 0.25) is 0 Å². The van der Waals surface area contributed by atoms with E-state index in [0.717, 1.165) is 23.1 Å². The van der Waals surface area contributed by atoms with Crippen molar-refractivity contribution in [3.05, 3.63) is 79.6 Å². The van der Waals surface area contributed by atoms with Gasteiger partial charge in [0.1, 0.15) is 5.75 Å². The maximum absolute atomic E-state index is 12.8. The molecule has 39 heavy (non-hydrogen) atoms. The number of allylic oxidation sites excluding steroid dienone is 2. The number of hydrogen-bond acceptors (Lipinski definition) is 7. The van der Waals surface area contributed by atoms with Crippen molar-refractivity contribution in [1.29, 1.82) is 0 Å². The number of aryl methyl sites for hydroxylation is 1. The zero-order chi connectivity index (χ0) is 29.7. The number of hydrogen-bond donors (Lipinski definition) is 2. The minimum Gasteiger partial charge on any atom is -0.494 e. The van der Waals surface area contributed by atoms with E-state index in [9.17, 15) is 4.79 Å². The molecule has 2 N–H and O–H groups in total. The minimum atomic E-state index is -0.569. The number of aromatic nitrogens is 3. The van der Waals surface area contributed by atoms with Crippen molar-refractivity contribution in [1.82, 2.24) is 19.4 Å². The number of fused-ring (bicyclic) bond motifs is 1. The van der Waals surface area contributed by atoms with E-state index in [-0.39, 0.29) is 6.05 Å². The predicted molar refractivity (Wildman–Crippen MR) is 160 cm³/mol. The van der Waals surface area contributed by atoms with Gasteiger partial charge in [0.25, 0.3) is 0 Å². The van der Waals surface area contributed by atoms with Gasteiger partial charge in [-0.15, -0.1) is 0 Å². The van der Waals surface area contributed by atoms with Gasteiger partial charge in [-0.1, -0.05) is 36.9 Å². The summed E-state index contributed by atoms with van der Waals surface area (Å²) in [4.78, 5) is 26.0. The zero-order valence-electron chi connectivity index (χ0n) is 24.9. The summed E-state index contributed by atoms with van der Waals surface area (Å²) in [5, 5.41) is 7.00. The molecule has 2 aromatic carbocycles. The van der Waals surface area contributed by atoms with E-state index in [0.29, 0.717) is 47.0 Å². The Kier molecular flexibility index (Phi) is 7.77. The normalized spacial score (nSPS) is 12.2. The van der Waals surface area contributed by atoms with Crippen molar-refractivity contribution in [3.63, 3.8) is 0 Å². The van der Waals surface area contributed by atoms with Gasteiger partial charge in [0, 0.05) is 68.1 Å². The number of para-hydroxylation sites is 1. The van der Waals surface area contributed by atoms with Gasteiger partial charge < -0.3 is 29.7 Å². The van der Waals surface area contributed by atoms with Crippen LogP contribution in [-0.2, 0) is 11.8 Å². The van der Waals surface area contributed by atoms with Gasteiger partial charge in [0.2, 0.25) is 11.9 Å². The van der Waals surface area contributed by atoms with Gasteiger partial charge in [0.15, 0.2) is 0 Å². The van der Waals surface area contributed by atoms with Crippen LogP contribution in [0, 0.1) is 0 Å². The second kappa shape index (κ2) is 12.3. The SMILES string of the molecule is [2H]/C(=C\C=C)C(=O)Nc1cc(Nc2nccc(-c3c([2H])n(C)c4ccccc34)n2)c(OC)cc1N(C)CCN(C)C. The van der Waals surface area contributed by atoms with Gasteiger partial charge in [-0.05, 0) is 32.3 Å². The van der Waals surface area contributed by atoms with Crippen molar-refractivity contribution in [2.75, 3.05) is 56.9 Å². The highest BCUT2D eigenvalue weighted by Gasteiger charge is 2.17. The molecule has 0 aliphatic heterocycles. The Morgan fingerprint density at radius 3 is 2.74 bits per heavy atom. The topological polar surface area (TPSA) is 87.5 Å². The third-order valence-electron chi connectivity index (χ3n) is 6.16. The molecule has 0 saturated heterocycles. The molecule has 0 spiro atoms. The average Bonchev–Trinajstić information content (AvgIpc) is 3.21. The molecule has 202 valence electrons.